The van der Waals surface area contributed by atoms with E-state index in [2.05, 4.69) is 0 Å². The van der Waals surface area contributed by atoms with Crippen molar-refractivity contribution in [3.05, 3.63) is 77.4 Å². The molecule has 0 saturated carbocycles. The molecule has 170 valence electrons. The number of fused-ring (bicyclic) bond motifs is 1. The van der Waals surface area contributed by atoms with Gasteiger partial charge in [-0.15, -0.1) is 0 Å². The van der Waals surface area contributed by atoms with Crippen LogP contribution in [0, 0.1) is 0 Å². The highest BCUT2D eigenvalue weighted by Crippen LogP contribution is 2.42. The van der Waals surface area contributed by atoms with Crippen molar-refractivity contribution >= 4 is 28.2 Å². The summed E-state index contributed by atoms with van der Waals surface area (Å²) >= 11 is 0. The number of aliphatic hydroxyl groups is 1. The van der Waals surface area contributed by atoms with Crippen LogP contribution in [-0.4, -0.2) is 66.0 Å². The number of carbonyl (C=O) groups excluding carboxylic acids is 2. The standard InChI is InChI=1S/C26H26N2O5/c1-27(2)13-14-28-22(17-8-6-9-18(15-17)33-3)21(25(31)26(28)32)24(30)20-12-11-16-7-4-5-10-19(16)23(20)29/h4-12,15,22,29-30H,13-14H2,1-3H3. The fourth-order valence-corrected chi connectivity index (χ4v) is 4.17. The monoisotopic (exact) mass is 446 g/mol. The van der Waals surface area contributed by atoms with Crippen molar-refractivity contribution in [1.82, 2.24) is 9.80 Å². The Morgan fingerprint density at radius 2 is 1.82 bits per heavy atom. The molecule has 0 bridgehead atoms. The Labute approximate surface area is 192 Å². The Hall–Kier alpha value is -3.84. The van der Waals surface area contributed by atoms with Gasteiger partial charge < -0.3 is 24.7 Å². The highest BCUT2D eigenvalue weighted by molar-refractivity contribution is 6.46. The first-order valence-corrected chi connectivity index (χ1v) is 10.6. The maximum absolute atomic E-state index is 13.2. The predicted molar refractivity (Wildman–Crippen MR) is 126 cm³/mol. The van der Waals surface area contributed by atoms with E-state index < -0.39 is 23.5 Å². The second-order valence-corrected chi connectivity index (χ2v) is 8.26. The molecule has 2 N–H and O–H groups in total. The first kappa shape index (κ1) is 22.4. The number of likely N-dealkylation sites (N-methyl/N-ethyl adjacent to an activating group) is 1. The van der Waals surface area contributed by atoms with Crippen molar-refractivity contribution < 1.29 is 24.5 Å². The molecule has 3 aromatic carbocycles. The molecule has 1 unspecified atom stereocenters. The molecule has 1 aliphatic heterocycles. The van der Waals surface area contributed by atoms with Gasteiger partial charge in [0.2, 0.25) is 0 Å². The molecule has 0 aliphatic carbocycles. The van der Waals surface area contributed by atoms with E-state index in [-0.39, 0.29) is 16.9 Å². The van der Waals surface area contributed by atoms with Crippen LogP contribution in [0.3, 0.4) is 0 Å². The zero-order valence-corrected chi connectivity index (χ0v) is 18.8. The number of hydrogen-bond acceptors (Lipinski definition) is 6. The van der Waals surface area contributed by atoms with Gasteiger partial charge in [0.15, 0.2) is 0 Å². The summed E-state index contributed by atoms with van der Waals surface area (Å²) in [6, 6.07) is 16.8. The number of hydrogen-bond donors (Lipinski definition) is 2. The molecule has 3 aromatic rings. The topological polar surface area (TPSA) is 90.3 Å². The molecule has 1 fully saturated rings. The average Bonchev–Trinajstić information content (AvgIpc) is 3.07. The van der Waals surface area contributed by atoms with Gasteiger partial charge >= 0.3 is 0 Å². The molecule has 0 spiro atoms. The number of ether oxygens (including phenoxy) is 1. The molecule has 0 aromatic heterocycles. The summed E-state index contributed by atoms with van der Waals surface area (Å²) in [5.74, 6) is -1.45. The normalized spacial score (nSPS) is 17.8. The van der Waals surface area contributed by atoms with Crippen LogP contribution >= 0.6 is 0 Å². The number of likely N-dealkylation sites (tertiary alicyclic amines) is 1. The molecule has 1 atom stereocenters. The first-order valence-electron chi connectivity index (χ1n) is 10.6. The van der Waals surface area contributed by atoms with Gasteiger partial charge in [-0.2, -0.15) is 0 Å². The summed E-state index contributed by atoms with van der Waals surface area (Å²) in [7, 11) is 5.30. The Kier molecular flexibility index (Phi) is 6.07. The summed E-state index contributed by atoms with van der Waals surface area (Å²) in [6.07, 6.45) is 0. The third kappa shape index (κ3) is 4.03. The lowest BCUT2D eigenvalue weighted by molar-refractivity contribution is -0.140. The Balaban J connectivity index is 1.91. The molecule has 1 amide bonds. The lowest BCUT2D eigenvalue weighted by atomic mass is 9.94. The quantitative estimate of drug-likeness (QED) is 0.342. The van der Waals surface area contributed by atoms with Crippen molar-refractivity contribution in [1.29, 1.82) is 0 Å². The number of Topliss-reactive ketones (excluding diaryl/α,β-unsaturated/α-hetero) is 1. The molecular weight excluding hydrogens is 420 g/mol. The van der Waals surface area contributed by atoms with E-state index in [0.717, 1.165) is 5.39 Å². The number of nitrogens with zero attached hydrogens (tertiary/aromatic N) is 2. The van der Waals surface area contributed by atoms with Crippen LogP contribution < -0.4 is 4.74 Å². The van der Waals surface area contributed by atoms with Gasteiger partial charge in [0.05, 0.1) is 24.3 Å². The predicted octanol–water partition coefficient (Wildman–Crippen LogP) is 3.54. The van der Waals surface area contributed by atoms with Gasteiger partial charge in [-0.05, 0) is 43.2 Å². The van der Waals surface area contributed by atoms with E-state index in [1.54, 1.807) is 48.5 Å². The zero-order chi connectivity index (χ0) is 23.7. The summed E-state index contributed by atoms with van der Waals surface area (Å²) in [5, 5.41) is 23.5. The molecule has 7 nitrogen and oxygen atoms in total. The molecule has 7 heteroatoms. The molecule has 1 saturated heterocycles. The number of ketones is 1. The van der Waals surface area contributed by atoms with Gasteiger partial charge in [-0.3, -0.25) is 9.59 Å². The Morgan fingerprint density at radius 1 is 1.06 bits per heavy atom. The molecule has 1 aliphatic rings. The highest BCUT2D eigenvalue weighted by Gasteiger charge is 2.46. The summed E-state index contributed by atoms with van der Waals surface area (Å²) in [5.41, 5.74) is 0.680. The lowest BCUT2D eigenvalue weighted by Crippen LogP contribution is -2.35. The van der Waals surface area contributed by atoms with E-state index in [0.29, 0.717) is 29.8 Å². The van der Waals surface area contributed by atoms with Crippen molar-refractivity contribution in [2.24, 2.45) is 0 Å². The number of carbonyl (C=O) groups is 2. The van der Waals surface area contributed by atoms with Crippen LogP contribution in [0.4, 0.5) is 0 Å². The van der Waals surface area contributed by atoms with E-state index in [4.69, 9.17) is 4.74 Å². The van der Waals surface area contributed by atoms with Crippen LogP contribution in [0.5, 0.6) is 11.5 Å². The minimum Gasteiger partial charge on any atom is -0.507 e. The number of amides is 1. The average molecular weight is 447 g/mol. The van der Waals surface area contributed by atoms with Crippen LogP contribution in [0.2, 0.25) is 0 Å². The Bertz CT molecular complexity index is 1260. The van der Waals surface area contributed by atoms with Gasteiger partial charge in [0.25, 0.3) is 11.7 Å². The van der Waals surface area contributed by atoms with Crippen LogP contribution in [0.1, 0.15) is 17.2 Å². The minimum absolute atomic E-state index is 0.0578. The van der Waals surface area contributed by atoms with Crippen molar-refractivity contribution in [2.75, 3.05) is 34.3 Å². The number of benzene rings is 3. The molecule has 0 radical (unpaired) electrons. The van der Waals surface area contributed by atoms with E-state index in [1.807, 2.05) is 31.1 Å². The van der Waals surface area contributed by atoms with Gasteiger partial charge in [0, 0.05) is 18.5 Å². The van der Waals surface area contributed by atoms with E-state index in [9.17, 15) is 19.8 Å². The van der Waals surface area contributed by atoms with Gasteiger partial charge in [0.1, 0.15) is 17.3 Å². The van der Waals surface area contributed by atoms with Gasteiger partial charge in [-0.1, -0.05) is 42.5 Å². The van der Waals surface area contributed by atoms with E-state index in [1.165, 1.54) is 12.0 Å². The number of methoxy groups -OCH3 is 1. The van der Waals surface area contributed by atoms with Crippen LogP contribution in [0.15, 0.2) is 66.2 Å². The van der Waals surface area contributed by atoms with Crippen molar-refractivity contribution in [3.63, 3.8) is 0 Å². The third-order valence-electron chi connectivity index (χ3n) is 5.89. The smallest absolute Gasteiger partial charge is 0.295 e. The second-order valence-electron chi connectivity index (χ2n) is 8.26. The van der Waals surface area contributed by atoms with Crippen LogP contribution in [-0.2, 0) is 9.59 Å². The molecule has 4 rings (SSSR count). The number of rotatable bonds is 6. The highest BCUT2D eigenvalue weighted by atomic mass is 16.5. The lowest BCUT2D eigenvalue weighted by Gasteiger charge is -2.27. The van der Waals surface area contributed by atoms with Crippen LogP contribution in [0.25, 0.3) is 16.5 Å². The maximum Gasteiger partial charge on any atom is 0.295 e. The SMILES string of the molecule is COc1cccc(C2C(=C(O)c3ccc4ccccc4c3O)C(=O)C(=O)N2CCN(C)C)c1. The zero-order valence-electron chi connectivity index (χ0n) is 18.8. The minimum atomic E-state index is -0.814. The first-order chi connectivity index (χ1) is 15.8. The Morgan fingerprint density at radius 3 is 2.55 bits per heavy atom. The van der Waals surface area contributed by atoms with E-state index >= 15 is 0 Å². The summed E-state index contributed by atoms with van der Waals surface area (Å²) < 4.78 is 5.33. The van der Waals surface area contributed by atoms with Crippen molar-refractivity contribution in [3.8, 4) is 11.5 Å². The number of aliphatic hydroxyl groups excluding tert-OH is 1. The third-order valence-corrected chi connectivity index (χ3v) is 5.89. The number of phenolic OH excluding ortho intramolecular Hbond substituents is 1. The largest absolute Gasteiger partial charge is 0.507 e. The number of phenols is 1. The molecule has 33 heavy (non-hydrogen) atoms. The maximum atomic E-state index is 13.2. The number of aromatic hydroxyl groups is 1. The summed E-state index contributed by atoms with van der Waals surface area (Å²) in [6.45, 7) is 0.828. The second kappa shape index (κ2) is 8.96. The molecular formula is C26H26N2O5. The summed E-state index contributed by atoms with van der Waals surface area (Å²) in [4.78, 5) is 29.5. The van der Waals surface area contributed by atoms with Crippen molar-refractivity contribution in [2.45, 2.75) is 6.04 Å². The molecule has 1 heterocycles. The van der Waals surface area contributed by atoms with Gasteiger partial charge in [-0.25, -0.2) is 0 Å². The fourth-order valence-electron chi connectivity index (χ4n) is 4.17. The fraction of sp³-hybridized carbons (Fsp3) is 0.231.